The highest BCUT2D eigenvalue weighted by atomic mass is 16.4. The van der Waals surface area contributed by atoms with Gasteiger partial charge in [-0.05, 0) is 31.6 Å². The SMILES string of the molecule is CCC(CC)(NC(=O)NCCCC1CC1)C(=O)O. The number of amides is 2. The lowest BCUT2D eigenvalue weighted by molar-refractivity contribution is -0.144. The van der Waals surface area contributed by atoms with Crippen molar-refractivity contribution < 1.29 is 14.7 Å². The molecule has 2 amide bonds. The Morgan fingerprint density at radius 3 is 2.33 bits per heavy atom. The fourth-order valence-electron chi connectivity index (χ4n) is 2.04. The molecule has 0 heterocycles. The average molecular weight is 256 g/mol. The van der Waals surface area contributed by atoms with E-state index in [9.17, 15) is 14.7 Å². The number of carbonyl (C=O) groups excluding carboxylic acids is 1. The Morgan fingerprint density at radius 1 is 1.28 bits per heavy atom. The Balaban J connectivity index is 2.28. The summed E-state index contributed by atoms with van der Waals surface area (Å²) in [7, 11) is 0. The van der Waals surface area contributed by atoms with Gasteiger partial charge in [0.1, 0.15) is 5.54 Å². The van der Waals surface area contributed by atoms with Crippen molar-refractivity contribution in [1.82, 2.24) is 10.6 Å². The molecule has 0 atom stereocenters. The summed E-state index contributed by atoms with van der Waals surface area (Å²) in [4.78, 5) is 22.9. The van der Waals surface area contributed by atoms with Gasteiger partial charge in [0.15, 0.2) is 0 Å². The largest absolute Gasteiger partial charge is 0.480 e. The van der Waals surface area contributed by atoms with Gasteiger partial charge in [0.2, 0.25) is 0 Å². The number of carboxylic acids is 1. The Labute approximate surface area is 108 Å². The van der Waals surface area contributed by atoms with Crippen LogP contribution in [0.25, 0.3) is 0 Å². The number of urea groups is 1. The molecule has 18 heavy (non-hydrogen) atoms. The Hall–Kier alpha value is -1.26. The first-order valence-electron chi connectivity index (χ1n) is 6.83. The molecule has 3 N–H and O–H groups in total. The van der Waals surface area contributed by atoms with Gasteiger partial charge in [0.05, 0.1) is 0 Å². The minimum atomic E-state index is -1.14. The summed E-state index contributed by atoms with van der Waals surface area (Å²) in [6.45, 7) is 4.15. The summed E-state index contributed by atoms with van der Waals surface area (Å²) < 4.78 is 0. The van der Waals surface area contributed by atoms with Crippen LogP contribution >= 0.6 is 0 Å². The van der Waals surface area contributed by atoms with Crippen LogP contribution < -0.4 is 10.6 Å². The molecular formula is C13H24N2O3. The second-order valence-corrected chi connectivity index (χ2v) is 5.06. The standard InChI is InChI=1S/C13H24N2O3/c1-3-13(4-2,11(16)17)15-12(18)14-9-5-6-10-7-8-10/h10H,3-9H2,1-2H3,(H,16,17)(H2,14,15,18). The van der Waals surface area contributed by atoms with Crippen LogP contribution in [0.2, 0.25) is 0 Å². The van der Waals surface area contributed by atoms with E-state index in [4.69, 9.17) is 0 Å². The van der Waals surface area contributed by atoms with Crippen LogP contribution in [0.1, 0.15) is 52.4 Å². The number of hydrogen-bond donors (Lipinski definition) is 3. The summed E-state index contributed by atoms with van der Waals surface area (Å²) in [5.41, 5.74) is -1.14. The highest BCUT2D eigenvalue weighted by Crippen LogP contribution is 2.33. The molecule has 1 saturated carbocycles. The minimum absolute atomic E-state index is 0.378. The average Bonchev–Trinajstić information content (AvgIpc) is 3.15. The highest BCUT2D eigenvalue weighted by molar-refractivity contribution is 5.86. The predicted octanol–water partition coefficient (Wildman–Crippen LogP) is 2.12. The number of carboxylic acid groups (broad SMARTS) is 1. The van der Waals surface area contributed by atoms with E-state index >= 15 is 0 Å². The zero-order valence-corrected chi connectivity index (χ0v) is 11.3. The zero-order chi connectivity index (χ0) is 13.6. The maximum absolute atomic E-state index is 11.7. The van der Waals surface area contributed by atoms with Crippen LogP contribution in [0.3, 0.4) is 0 Å². The van der Waals surface area contributed by atoms with Crippen molar-refractivity contribution in [3.8, 4) is 0 Å². The Morgan fingerprint density at radius 2 is 1.89 bits per heavy atom. The first-order valence-corrected chi connectivity index (χ1v) is 6.83. The molecule has 0 radical (unpaired) electrons. The first kappa shape index (κ1) is 14.8. The van der Waals surface area contributed by atoms with Crippen molar-refractivity contribution in [2.24, 2.45) is 5.92 Å². The molecule has 5 nitrogen and oxygen atoms in total. The molecule has 0 bridgehead atoms. The van der Waals surface area contributed by atoms with Crippen molar-refractivity contribution in [2.75, 3.05) is 6.54 Å². The van der Waals surface area contributed by atoms with Gasteiger partial charge in [-0.2, -0.15) is 0 Å². The molecule has 1 aliphatic rings. The van der Waals surface area contributed by atoms with Crippen LogP contribution in [0.4, 0.5) is 4.79 Å². The van der Waals surface area contributed by atoms with Crippen LogP contribution in [0, 0.1) is 5.92 Å². The van der Waals surface area contributed by atoms with Gasteiger partial charge in [-0.3, -0.25) is 0 Å². The van der Waals surface area contributed by atoms with E-state index in [1.807, 2.05) is 0 Å². The van der Waals surface area contributed by atoms with Crippen LogP contribution in [0.15, 0.2) is 0 Å². The molecule has 0 aromatic rings. The fourth-order valence-corrected chi connectivity index (χ4v) is 2.04. The lowest BCUT2D eigenvalue weighted by atomic mass is 9.93. The molecule has 104 valence electrons. The third kappa shape index (κ3) is 4.20. The third-order valence-electron chi connectivity index (χ3n) is 3.74. The predicted molar refractivity (Wildman–Crippen MR) is 69.4 cm³/mol. The van der Waals surface area contributed by atoms with Gasteiger partial charge in [-0.25, -0.2) is 9.59 Å². The molecule has 1 fully saturated rings. The lowest BCUT2D eigenvalue weighted by Gasteiger charge is -2.28. The summed E-state index contributed by atoms with van der Waals surface area (Å²) in [5.74, 6) is -0.111. The molecule has 0 aliphatic heterocycles. The number of hydrogen-bond acceptors (Lipinski definition) is 2. The molecule has 5 heteroatoms. The molecule has 1 aliphatic carbocycles. The van der Waals surface area contributed by atoms with E-state index in [1.165, 1.54) is 12.8 Å². The molecule has 0 unspecified atom stereocenters. The number of rotatable bonds is 8. The highest BCUT2D eigenvalue weighted by Gasteiger charge is 2.36. The molecular weight excluding hydrogens is 232 g/mol. The third-order valence-corrected chi connectivity index (χ3v) is 3.74. The van der Waals surface area contributed by atoms with Crippen molar-refractivity contribution >= 4 is 12.0 Å². The number of aliphatic carboxylic acids is 1. The molecule has 1 rings (SSSR count). The van der Waals surface area contributed by atoms with Crippen LogP contribution in [0.5, 0.6) is 0 Å². The van der Waals surface area contributed by atoms with E-state index in [0.717, 1.165) is 18.8 Å². The van der Waals surface area contributed by atoms with E-state index in [-0.39, 0.29) is 6.03 Å². The summed E-state index contributed by atoms with van der Waals surface area (Å²) in [6, 6.07) is -0.378. The number of carbonyl (C=O) groups is 2. The van der Waals surface area contributed by atoms with E-state index in [1.54, 1.807) is 13.8 Å². The zero-order valence-electron chi connectivity index (χ0n) is 11.3. The second-order valence-electron chi connectivity index (χ2n) is 5.06. The van der Waals surface area contributed by atoms with Crippen molar-refractivity contribution in [1.29, 1.82) is 0 Å². The van der Waals surface area contributed by atoms with E-state index in [0.29, 0.717) is 19.4 Å². The van der Waals surface area contributed by atoms with Crippen molar-refractivity contribution in [3.63, 3.8) is 0 Å². The van der Waals surface area contributed by atoms with E-state index < -0.39 is 11.5 Å². The molecule has 0 saturated heterocycles. The lowest BCUT2D eigenvalue weighted by Crippen LogP contribution is -2.56. The first-order chi connectivity index (χ1) is 8.54. The topological polar surface area (TPSA) is 78.4 Å². The van der Waals surface area contributed by atoms with Gasteiger partial charge < -0.3 is 15.7 Å². The fraction of sp³-hybridized carbons (Fsp3) is 0.846. The van der Waals surface area contributed by atoms with Gasteiger partial charge in [0, 0.05) is 6.54 Å². The van der Waals surface area contributed by atoms with Gasteiger partial charge in [0.25, 0.3) is 0 Å². The van der Waals surface area contributed by atoms with E-state index in [2.05, 4.69) is 10.6 Å². The Kier molecular flexibility index (Phi) is 5.44. The normalized spacial score (nSPS) is 15.2. The van der Waals surface area contributed by atoms with Crippen molar-refractivity contribution in [3.05, 3.63) is 0 Å². The quantitative estimate of drug-likeness (QED) is 0.582. The summed E-state index contributed by atoms with van der Waals surface area (Å²) in [6.07, 6.45) is 5.53. The second kappa shape index (κ2) is 6.61. The molecule has 0 spiro atoms. The van der Waals surface area contributed by atoms with Gasteiger partial charge in [-0.1, -0.05) is 26.7 Å². The summed E-state index contributed by atoms with van der Waals surface area (Å²) >= 11 is 0. The van der Waals surface area contributed by atoms with Gasteiger partial charge >= 0.3 is 12.0 Å². The maximum Gasteiger partial charge on any atom is 0.329 e. The summed E-state index contributed by atoms with van der Waals surface area (Å²) in [5, 5.41) is 14.5. The van der Waals surface area contributed by atoms with Gasteiger partial charge in [-0.15, -0.1) is 0 Å². The monoisotopic (exact) mass is 256 g/mol. The smallest absolute Gasteiger partial charge is 0.329 e. The molecule has 0 aromatic carbocycles. The van der Waals surface area contributed by atoms with Crippen LogP contribution in [-0.2, 0) is 4.79 Å². The minimum Gasteiger partial charge on any atom is -0.480 e. The molecule has 0 aromatic heterocycles. The number of nitrogens with one attached hydrogen (secondary N) is 2. The van der Waals surface area contributed by atoms with Crippen molar-refractivity contribution in [2.45, 2.75) is 57.9 Å². The van der Waals surface area contributed by atoms with Crippen LogP contribution in [-0.4, -0.2) is 29.2 Å². The maximum atomic E-state index is 11.7. The Bertz CT molecular complexity index is 297.